The summed E-state index contributed by atoms with van der Waals surface area (Å²) in [7, 11) is 0. The van der Waals surface area contributed by atoms with Gasteiger partial charge >= 0.3 is 0 Å². The van der Waals surface area contributed by atoms with Crippen LogP contribution in [0.3, 0.4) is 0 Å². The molecule has 2 aromatic carbocycles. The molecule has 0 saturated carbocycles. The number of nitrogens with two attached hydrogens (primary N) is 1. The van der Waals surface area contributed by atoms with Gasteiger partial charge in [-0.15, -0.1) is 0 Å². The average molecular weight is 229 g/mol. The molecule has 0 radical (unpaired) electrons. The second-order valence-corrected chi connectivity index (χ2v) is 5.29. The zero-order valence-electron chi connectivity index (χ0n) is 8.64. The third kappa shape index (κ3) is 1.32. The highest BCUT2D eigenvalue weighted by molar-refractivity contribution is 7.91. The van der Waals surface area contributed by atoms with E-state index in [4.69, 9.17) is 5.73 Å². The molecule has 0 amide bonds. The lowest BCUT2D eigenvalue weighted by molar-refractivity contribution is 0.591. The van der Waals surface area contributed by atoms with Crippen LogP contribution in [-0.2, 0) is 17.6 Å². The topological polar surface area (TPSA) is 49.1 Å². The summed E-state index contributed by atoms with van der Waals surface area (Å²) < 4.78 is 12.3. The van der Waals surface area contributed by atoms with Gasteiger partial charge in [-0.3, -0.25) is 0 Å². The molecule has 80 valence electrons. The first-order valence-electron chi connectivity index (χ1n) is 5.14. The molecule has 0 saturated heterocycles. The Hall–Kier alpha value is -1.45. The molecule has 3 heteroatoms. The Kier molecular flexibility index (Phi) is 2.16. The molecule has 1 aliphatic heterocycles. The van der Waals surface area contributed by atoms with Gasteiger partial charge in [0, 0.05) is 34.4 Å². The highest BCUT2D eigenvalue weighted by Gasteiger charge is 2.28. The van der Waals surface area contributed by atoms with E-state index < -0.39 is 11.2 Å². The maximum absolute atomic E-state index is 12.3. The fourth-order valence-corrected chi connectivity index (χ4v) is 3.52. The summed E-state index contributed by atoms with van der Waals surface area (Å²) in [5.41, 5.74) is 8.79. The molecule has 0 aromatic heterocycles. The zero-order valence-corrected chi connectivity index (χ0v) is 9.46. The molecular weight excluding hydrogens is 218 g/mol. The van der Waals surface area contributed by atoms with Gasteiger partial charge in [0.15, 0.2) is 9.79 Å². The van der Waals surface area contributed by atoms with Gasteiger partial charge in [-0.05, 0) is 18.2 Å². The van der Waals surface area contributed by atoms with Crippen molar-refractivity contribution in [3.63, 3.8) is 0 Å². The fourth-order valence-electron chi connectivity index (χ4n) is 2.09. The van der Waals surface area contributed by atoms with Crippen LogP contribution in [0.15, 0.2) is 52.3 Å². The third-order valence-corrected chi connectivity index (χ3v) is 4.49. The molecule has 1 atom stereocenters. The predicted molar refractivity (Wildman–Crippen MR) is 64.8 cm³/mol. The first-order chi connectivity index (χ1) is 7.77. The summed E-state index contributed by atoms with van der Waals surface area (Å²) in [6.07, 6.45) is 0.782. The van der Waals surface area contributed by atoms with Crippen molar-refractivity contribution in [1.29, 1.82) is 0 Å². The van der Waals surface area contributed by atoms with E-state index in [2.05, 4.69) is 0 Å². The average Bonchev–Trinajstić information content (AvgIpc) is 2.31. The lowest BCUT2D eigenvalue weighted by Gasteiger charge is -2.22. The standard InChI is InChI=1S/C13H11NOS/c14-11-5-3-7-13-10(11)8-9-4-1-2-6-12(9)16(13)15/h1-7H,8,14H2. The highest BCUT2D eigenvalue weighted by atomic mass is 32.2. The Labute approximate surface area is 97.3 Å². The Bertz CT molecular complexity index is 553. The van der Waals surface area contributed by atoms with E-state index in [0.29, 0.717) is 0 Å². The molecule has 3 rings (SSSR count). The largest absolute Gasteiger partial charge is 0.606 e. The van der Waals surface area contributed by atoms with Crippen molar-refractivity contribution in [1.82, 2.24) is 0 Å². The summed E-state index contributed by atoms with van der Waals surface area (Å²) in [4.78, 5) is 1.78. The maximum Gasteiger partial charge on any atom is 0.164 e. The van der Waals surface area contributed by atoms with Crippen molar-refractivity contribution >= 4 is 16.9 Å². The minimum Gasteiger partial charge on any atom is -0.606 e. The molecular formula is C13H11NOS. The van der Waals surface area contributed by atoms with Gasteiger partial charge in [-0.2, -0.15) is 0 Å². The van der Waals surface area contributed by atoms with E-state index in [1.165, 1.54) is 0 Å². The number of hydrogen-bond acceptors (Lipinski definition) is 2. The second kappa shape index (κ2) is 3.54. The summed E-state index contributed by atoms with van der Waals surface area (Å²) in [5, 5.41) is 0. The van der Waals surface area contributed by atoms with Crippen molar-refractivity contribution < 1.29 is 4.55 Å². The van der Waals surface area contributed by atoms with E-state index in [1.54, 1.807) is 0 Å². The SMILES string of the molecule is Nc1cccc2c1Cc1ccccc1[S+]2[O-]. The first kappa shape index (κ1) is 9.75. The van der Waals surface area contributed by atoms with Crippen LogP contribution in [0.1, 0.15) is 11.1 Å². The molecule has 0 bridgehead atoms. The zero-order chi connectivity index (χ0) is 11.1. The molecule has 1 heterocycles. The monoisotopic (exact) mass is 229 g/mol. The Balaban J connectivity index is 2.22. The minimum absolute atomic E-state index is 0.736. The van der Waals surface area contributed by atoms with Crippen LogP contribution < -0.4 is 5.73 Å². The van der Waals surface area contributed by atoms with Crippen LogP contribution in [0.4, 0.5) is 5.69 Å². The van der Waals surface area contributed by atoms with E-state index >= 15 is 0 Å². The molecule has 1 unspecified atom stereocenters. The summed E-state index contributed by atoms with van der Waals surface area (Å²) in [6, 6.07) is 13.5. The van der Waals surface area contributed by atoms with Gasteiger partial charge in [0.25, 0.3) is 0 Å². The van der Waals surface area contributed by atoms with Crippen molar-refractivity contribution in [2.24, 2.45) is 0 Å². The Morgan fingerprint density at radius 1 is 1.00 bits per heavy atom. The highest BCUT2D eigenvalue weighted by Crippen LogP contribution is 2.36. The Morgan fingerprint density at radius 3 is 2.62 bits per heavy atom. The number of anilines is 1. The summed E-state index contributed by atoms with van der Waals surface area (Å²) >= 11 is -1.08. The number of fused-ring (bicyclic) bond motifs is 2. The van der Waals surface area contributed by atoms with E-state index in [0.717, 1.165) is 33.0 Å². The van der Waals surface area contributed by atoms with Crippen molar-refractivity contribution in [3.05, 3.63) is 53.6 Å². The van der Waals surface area contributed by atoms with Gasteiger partial charge in [0.2, 0.25) is 0 Å². The van der Waals surface area contributed by atoms with Crippen molar-refractivity contribution in [2.45, 2.75) is 16.2 Å². The molecule has 0 aliphatic carbocycles. The second-order valence-electron chi connectivity index (χ2n) is 3.88. The minimum atomic E-state index is -1.08. The van der Waals surface area contributed by atoms with Gasteiger partial charge in [-0.1, -0.05) is 24.3 Å². The number of nitrogen functional groups attached to an aromatic ring is 1. The number of benzene rings is 2. The summed E-state index contributed by atoms with van der Waals surface area (Å²) in [6.45, 7) is 0. The fraction of sp³-hybridized carbons (Fsp3) is 0.0769. The quantitative estimate of drug-likeness (QED) is 0.557. The molecule has 2 nitrogen and oxygen atoms in total. The molecule has 0 fully saturated rings. The lowest BCUT2D eigenvalue weighted by atomic mass is 10.0. The van der Waals surface area contributed by atoms with E-state index in [-0.39, 0.29) is 0 Å². The first-order valence-corrected chi connectivity index (χ1v) is 6.29. The number of rotatable bonds is 0. The smallest absolute Gasteiger partial charge is 0.164 e. The van der Waals surface area contributed by atoms with Crippen LogP contribution >= 0.6 is 0 Å². The third-order valence-electron chi connectivity index (χ3n) is 2.91. The number of hydrogen-bond donors (Lipinski definition) is 1. The van der Waals surface area contributed by atoms with Crippen LogP contribution in [0, 0.1) is 0 Å². The van der Waals surface area contributed by atoms with Gasteiger partial charge in [0.1, 0.15) is 0 Å². The van der Waals surface area contributed by atoms with Crippen LogP contribution in [0.25, 0.3) is 0 Å². The van der Waals surface area contributed by atoms with Crippen molar-refractivity contribution in [2.75, 3.05) is 5.73 Å². The molecule has 1 aliphatic rings. The molecule has 2 aromatic rings. The predicted octanol–water partition coefficient (Wildman–Crippen LogP) is 2.34. The molecule has 16 heavy (non-hydrogen) atoms. The van der Waals surface area contributed by atoms with Crippen LogP contribution in [0.2, 0.25) is 0 Å². The van der Waals surface area contributed by atoms with Crippen LogP contribution in [0.5, 0.6) is 0 Å². The molecule has 2 N–H and O–H groups in total. The lowest BCUT2D eigenvalue weighted by Crippen LogP contribution is -2.15. The summed E-state index contributed by atoms with van der Waals surface area (Å²) in [5.74, 6) is 0. The van der Waals surface area contributed by atoms with Crippen LogP contribution in [-0.4, -0.2) is 4.55 Å². The van der Waals surface area contributed by atoms with Gasteiger partial charge in [0.05, 0.1) is 0 Å². The van der Waals surface area contributed by atoms with Gasteiger partial charge in [-0.25, -0.2) is 0 Å². The molecule has 0 spiro atoms. The normalized spacial score (nSPS) is 17.7. The van der Waals surface area contributed by atoms with E-state index in [1.807, 2.05) is 42.5 Å². The van der Waals surface area contributed by atoms with Crippen molar-refractivity contribution in [3.8, 4) is 0 Å². The Morgan fingerprint density at radius 2 is 1.75 bits per heavy atom. The van der Waals surface area contributed by atoms with E-state index in [9.17, 15) is 4.55 Å². The van der Waals surface area contributed by atoms with Gasteiger partial charge < -0.3 is 10.3 Å². The maximum atomic E-state index is 12.3.